The molecule has 4 rings (SSSR count). The Morgan fingerprint density at radius 3 is 2.54 bits per heavy atom. The third kappa shape index (κ3) is 4.03. The molecule has 0 bridgehead atoms. The third-order valence-electron chi connectivity index (χ3n) is 4.55. The fourth-order valence-electron chi connectivity index (χ4n) is 3.07. The van der Waals surface area contributed by atoms with Gasteiger partial charge in [0.2, 0.25) is 11.7 Å². The van der Waals surface area contributed by atoms with Crippen LogP contribution in [0.1, 0.15) is 5.89 Å². The van der Waals surface area contributed by atoms with Crippen LogP contribution in [0.15, 0.2) is 53.2 Å². The SMILES string of the molecule is Clc1ccc(N2CCN(CCc3nc(-c4ccccc4)no3)CC2)nc1. The summed E-state index contributed by atoms with van der Waals surface area (Å²) in [5, 5.41) is 4.75. The van der Waals surface area contributed by atoms with E-state index in [1.165, 1.54) is 0 Å². The zero-order chi connectivity index (χ0) is 17.8. The summed E-state index contributed by atoms with van der Waals surface area (Å²) in [6, 6.07) is 13.7. The average Bonchev–Trinajstić information content (AvgIpc) is 3.17. The van der Waals surface area contributed by atoms with E-state index >= 15 is 0 Å². The lowest BCUT2D eigenvalue weighted by atomic mass is 10.2. The van der Waals surface area contributed by atoms with Gasteiger partial charge in [0.15, 0.2) is 0 Å². The van der Waals surface area contributed by atoms with Gasteiger partial charge in [0.1, 0.15) is 5.82 Å². The molecule has 3 heterocycles. The van der Waals surface area contributed by atoms with Crippen LogP contribution in [0.2, 0.25) is 5.02 Å². The molecule has 26 heavy (non-hydrogen) atoms. The average molecular weight is 370 g/mol. The molecule has 3 aromatic rings. The zero-order valence-corrected chi connectivity index (χ0v) is 15.1. The highest BCUT2D eigenvalue weighted by Crippen LogP contribution is 2.17. The topological polar surface area (TPSA) is 58.3 Å². The maximum atomic E-state index is 5.90. The summed E-state index contributed by atoms with van der Waals surface area (Å²) in [5.41, 5.74) is 0.978. The number of rotatable bonds is 5. The van der Waals surface area contributed by atoms with Crippen LogP contribution in [0.4, 0.5) is 5.82 Å². The van der Waals surface area contributed by atoms with Crippen molar-refractivity contribution in [3.05, 3.63) is 59.6 Å². The van der Waals surface area contributed by atoms with Crippen LogP contribution in [0.3, 0.4) is 0 Å². The minimum absolute atomic E-state index is 0.652. The minimum Gasteiger partial charge on any atom is -0.354 e. The van der Waals surface area contributed by atoms with E-state index in [1.807, 2.05) is 42.5 Å². The summed E-state index contributed by atoms with van der Waals surface area (Å²) >= 11 is 5.90. The van der Waals surface area contributed by atoms with E-state index in [4.69, 9.17) is 16.1 Å². The molecule has 1 saturated heterocycles. The fourth-order valence-corrected chi connectivity index (χ4v) is 3.18. The van der Waals surface area contributed by atoms with E-state index in [0.717, 1.165) is 50.5 Å². The molecule has 0 N–H and O–H groups in total. The first-order valence-electron chi connectivity index (χ1n) is 8.75. The van der Waals surface area contributed by atoms with E-state index in [9.17, 15) is 0 Å². The van der Waals surface area contributed by atoms with Gasteiger partial charge in [0, 0.05) is 50.9 Å². The zero-order valence-electron chi connectivity index (χ0n) is 14.4. The van der Waals surface area contributed by atoms with E-state index in [0.29, 0.717) is 16.7 Å². The van der Waals surface area contributed by atoms with E-state index in [2.05, 4.69) is 24.9 Å². The van der Waals surface area contributed by atoms with E-state index in [-0.39, 0.29) is 0 Å². The van der Waals surface area contributed by atoms with Gasteiger partial charge in [-0.2, -0.15) is 4.98 Å². The van der Waals surface area contributed by atoms with Gasteiger partial charge in [-0.15, -0.1) is 0 Å². The second-order valence-corrected chi connectivity index (χ2v) is 6.73. The lowest BCUT2D eigenvalue weighted by Gasteiger charge is -2.35. The van der Waals surface area contributed by atoms with Crippen molar-refractivity contribution >= 4 is 17.4 Å². The van der Waals surface area contributed by atoms with Crippen molar-refractivity contribution in [2.45, 2.75) is 6.42 Å². The number of nitrogens with zero attached hydrogens (tertiary/aromatic N) is 5. The van der Waals surface area contributed by atoms with Crippen molar-refractivity contribution in [2.24, 2.45) is 0 Å². The number of piperazine rings is 1. The Morgan fingerprint density at radius 2 is 1.81 bits per heavy atom. The molecular weight excluding hydrogens is 350 g/mol. The van der Waals surface area contributed by atoms with Gasteiger partial charge in [-0.05, 0) is 12.1 Å². The predicted molar refractivity (Wildman–Crippen MR) is 101 cm³/mol. The van der Waals surface area contributed by atoms with Gasteiger partial charge < -0.3 is 9.42 Å². The highest BCUT2D eigenvalue weighted by Gasteiger charge is 2.18. The summed E-state index contributed by atoms with van der Waals surface area (Å²) in [6.45, 7) is 4.80. The highest BCUT2D eigenvalue weighted by atomic mass is 35.5. The maximum Gasteiger partial charge on any atom is 0.228 e. The summed E-state index contributed by atoms with van der Waals surface area (Å²) in [4.78, 5) is 13.6. The molecule has 0 aliphatic carbocycles. The molecule has 0 radical (unpaired) electrons. The third-order valence-corrected chi connectivity index (χ3v) is 4.77. The fraction of sp³-hybridized carbons (Fsp3) is 0.316. The quantitative estimate of drug-likeness (QED) is 0.688. The summed E-state index contributed by atoms with van der Waals surface area (Å²) in [7, 11) is 0. The molecular formula is C19H20ClN5O. The predicted octanol–water partition coefficient (Wildman–Crippen LogP) is 3.15. The molecule has 1 aliphatic rings. The molecule has 1 aromatic carbocycles. The van der Waals surface area contributed by atoms with E-state index < -0.39 is 0 Å². The minimum atomic E-state index is 0.652. The van der Waals surface area contributed by atoms with Crippen LogP contribution in [-0.4, -0.2) is 52.7 Å². The molecule has 6 nitrogen and oxygen atoms in total. The van der Waals surface area contributed by atoms with Crippen LogP contribution in [0.25, 0.3) is 11.4 Å². The summed E-state index contributed by atoms with van der Waals surface area (Å²) in [6.07, 6.45) is 2.46. The second kappa shape index (κ2) is 7.85. The Kier molecular flexibility index (Phi) is 5.13. The van der Waals surface area contributed by atoms with Gasteiger partial charge >= 0.3 is 0 Å². The van der Waals surface area contributed by atoms with Gasteiger partial charge in [0.25, 0.3) is 0 Å². The number of aromatic nitrogens is 3. The molecule has 0 atom stereocenters. The van der Waals surface area contributed by atoms with Crippen LogP contribution >= 0.6 is 11.6 Å². The Labute approximate surface area is 157 Å². The van der Waals surface area contributed by atoms with Gasteiger partial charge in [-0.25, -0.2) is 4.98 Å². The Hall–Kier alpha value is -2.44. The van der Waals surface area contributed by atoms with Crippen LogP contribution in [-0.2, 0) is 6.42 Å². The molecule has 0 spiro atoms. The number of anilines is 1. The monoisotopic (exact) mass is 369 g/mol. The highest BCUT2D eigenvalue weighted by molar-refractivity contribution is 6.30. The Balaban J connectivity index is 1.27. The van der Waals surface area contributed by atoms with Crippen molar-refractivity contribution in [2.75, 3.05) is 37.6 Å². The number of hydrogen-bond donors (Lipinski definition) is 0. The molecule has 0 unspecified atom stereocenters. The van der Waals surface area contributed by atoms with Crippen LogP contribution < -0.4 is 4.90 Å². The first-order chi connectivity index (χ1) is 12.8. The van der Waals surface area contributed by atoms with Crippen LogP contribution in [0, 0.1) is 0 Å². The van der Waals surface area contributed by atoms with Crippen molar-refractivity contribution < 1.29 is 4.52 Å². The Bertz CT molecular complexity index is 829. The summed E-state index contributed by atoms with van der Waals surface area (Å²) in [5.74, 6) is 2.32. The first-order valence-corrected chi connectivity index (χ1v) is 9.12. The first kappa shape index (κ1) is 17.0. The molecule has 134 valence electrons. The van der Waals surface area contributed by atoms with Crippen molar-refractivity contribution in [3.8, 4) is 11.4 Å². The van der Waals surface area contributed by atoms with Crippen molar-refractivity contribution in [1.82, 2.24) is 20.0 Å². The van der Waals surface area contributed by atoms with Crippen molar-refractivity contribution in [1.29, 1.82) is 0 Å². The summed E-state index contributed by atoms with van der Waals surface area (Å²) < 4.78 is 5.39. The van der Waals surface area contributed by atoms with Crippen molar-refractivity contribution in [3.63, 3.8) is 0 Å². The molecule has 0 amide bonds. The normalized spacial score (nSPS) is 15.3. The largest absolute Gasteiger partial charge is 0.354 e. The smallest absolute Gasteiger partial charge is 0.228 e. The number of hydrogen-bond acceptors (Lipinski definition) is 6. The molecule has 0 saturated carbocycles. The van der Waals surface area contributed by atoms with E-state index in [1.54, 1.807) is 6.20 Å². The standard InChI is InChI=1S/C19H20ClN5O/c20-16-6-7-17(21-14-16)25-12-10-24(11-13-25)9-8-18-22-19(23-26-18)15-4-2-1-3-5-15/h1-7,14H,8-13H2. The molecule has 1 fully saturated rings. The number of halogens is 1. The van der Waals surface area contributed by atoms with Gasteiger partial charge in [-0.1, -0.05) is 47.1 Å². The molecule has 7 heteroatoms. The number of pyridine rings is 1. The lowest BCUT2D eigenvalue weighted by Crippen LogP contribution is -2.47. The molecule has 1 aliphatic heterocycles. The van der Waals surface area contributed by atoms with Gasteiger partial charge in [0.05, 0.1) is 5.02 Å². The Morgan fingerprint density at radius 1 is 1.00 bits per heavy atom. The lowest BCUT2D eigenvalue weighted by molar-refractivity contribution is 0.248. The number of benzene rings is 1. The maximum absolute atomic E-state index is 5.90. The second-order valence-electron chi connectivity index (χ2n) is 6.29. The molecule has 2 aromatic heterocycles. The van der Waals surface area contributed by atoms with Gasteiger partial charge in [-0.3, -0.25) is 4.90 Å². The van der Waals surface area contributed by atoms with Crippen LogP contribution in [0.5, 0.6) is 0 Å².